The largest absolute Gasteiger partial charge is 0.361 e. The van der Waals surface area contributed by atoms with Gasteiger partial charge in [0.2, 0.25) is 0 Å². The Kier molecular flexibility index (Phi) is 3.84. The molecule has 2 N–H and O–H groups in total. The van der Waals surface area contributed by atoms with Gasteiger partial charge >= 0.3 is 0 Å². The zero-order valence-corrected chi connectivity index (χ0v) is 13.2. The van der Waals surface area contributed by atoms with E-state index in [9.17, 15) is 0 Å². The van der Waals surface area contributed by atoms with E-state index in [1.807, 2.05) is 24.4 Å². The van der Waals surface area contributed by atoms with Gasteiger partial charge in [-0.25, -0.2) is 0 Å². The van der Waals surface area contributed by atoms with Crippen LogP contribution < -0.4 is 0 Å². The second-order valence-corrected chi connectivity index (χ2v) is 6.61. The highest BCUT2D eigenvalue weighted by molar-refractivity contribution is 5.85. The Hall–Kier alpha value is -2.35. The third-order valence-corrected chi connectivity index (χ3v) is 4.25. The molecule has 0 radical (unpaired) electrons. The van der Waals surface area contributed by atoms with Gasteiger partial charge in [-0.3, -0.25) is 0 Å². The Labute approximate surface area is 131 Å². The Balaban J connectivity index is 1.75. The summed E-state index contributed by atoms with van der Waals surface area (Å²) in [4.78, 5) is 3.23. The molecule has 0 aliphatic carbocycles. The highest BCUT2D eigenvalue weighted by atomic mass is 14.7. The van der Waals surface area contributed by atoms with Gasteiger partial charge in [-0.15, -0.1) is 0 Å². The smallest absolute Gasteiger partial charge is 0.0454 e. The van der Waals surface area contributed by atoms with Crippen molar-refractivity contribution in [1.82, 2.24) is 4.98 Å². The van der Waals surface area contributed by atoms with Crippen LogP contribution in [0.4, 0.5) is 0 Å². The summed E-state index contributed by atoms with van der Waals surface area (Å²) in [7, 11) is 0. The topological polar surface area (TPSA) is 39.6 Å². The molecule has 0 bridgehead atoms. The molecule has 0 aliphatic heterocycles. The van der Waals surface area contributed by atoms with E-state index in [1.54, 1.807) is 0 Å². The molecule has 3 aromatic rings. The van der Waals surface area contributed by atoms with Gasteiger partial charge in [-0.1, -0.05) is 50.2 Å². The van der Waals surface area contributed by atoms with Gasteiger partial charge in [-0.05, 0) is 46.5 Å². The lowest BCUT2D eigenvalue weighted by molar-refractivity contribution is 0.546. The third-order valence-electron chi connectivity index (χ3n) is 4.25. The van der Waals surface area contributed by atoms with Crippen LogP contribution >= 0.6 is 0 Å². The molecule has 0 amide bonds. The molecular weight excluding hydrogens is 268 g/mol. The SMILES string of the molecule is CC(C)(CC(=N)Cc1ccccc1)c1ccc2[nH]ccc2c1. The standard InChI is InChI=1S/C20H22N2/c1-20(2,14-18(21)12-15-6-4-3-5-7-15)17-8-9-19-16(13-17)10-11-22-19/h3-11,13,21-22H,12,14H2,1-2H3. The first kappa shape index (κ1) is 14.6. The summed E-state index contributed by atoms with van der Waals surface area (Å²) in [6.45, 7) is 4.45. The predicted octanol–water partition coefficient (Wildman–Crippen LogP) is 5.10. The Morgan fingerprint density at radius 3 is 2.59 bits per heavy atom. The van der Waals surface area contributed by atoms with Gasteiger partial charge in [0.25, 0.3) is 0 Å². The van der Waals surface area contributed by atoms with Gasteiger partial charge < -0.3 is 10.4 Å². The van der Waals surface area contributed by atoms with Crippen molar-refractivity contribution in [1.29, 1.82) is 5.41 Å². The van der Waals surface area contributed by atoms with E-state index in [0.717, 1.165) is 18.6 Å². The van der Waals surface area contributed by atoms with E-state index in [0.29, 0.717) is 0 Å². The summed E-state index contributed by atoms with van der Waals surface area (Å²) in [5.74, 6) is 0. The van der Waals surface area contributed by atoms with E-state index in [4.69, 9.17) is 5.41 Å². The molecule has 112 valence electrons. The Morgan fingerprint density at radius 1 is 1.05 bits per heavy atom. The van der Waals surface area contributed by atoms with Crippen molar-refractivity contribution in [2.45, 2.75) is 32.1 Å². The molecule has 0 spiro atoms. The number of H-pyrrole nitrogens is 1. The van der Waals surface area contributed by atoms with Gasteiger partial charge in [0.1, 0.15) is 0 Å². The van der Waals surface area contributed by atoms with Gasteiger partial charge in [0.05, 0.1) is 0 Å². The molecule has 0 saturated carbocycles. The minimum Gasteiger partial charge on any atom is -0.361 e. The Morgan fingerprint density at radius 2 is 1.82 bits per heavy atom. The molecule has 0 unspecified atom stereocenters. The molecule has 0 saturated heterocycles. The number of nitrogens with one attached hydrogen (secondary N) is 2. The van der Waals surface area contributed by atoms with Crippen molar-refractivity contribution in [3.63, 3.8) is 0 Å². The second-order valence-electron chi connectivity index (χ2n) is 6.61. The molecule has 1 aromatic heterocycles. The molecule has 2 nitrogen and oxygen atoms in total. The van der Waals surface area contributed by atoms with Crippen LogP contribution in [0.15, 0.2) is 60.8 Å². The zero-order chi connectivity index (χ0) is 15.6. The predicted molar refractivity (Wildman–Crippen MR) is 93.8 cm³/mol. The fraction of sp³-hybridized carbons (Fsp3) is 0.250. The van der Waals surface area contributed by atoms with Crippen molar-refractivity contribution in [3.8, 4) is 0 Å². The lowest BCUT2D eigenvalue weighted by Crippen LogP contribution is -2.22. The molecule has 2 heteroatoms. The molecule has 0 atom stereocenters. The van der Waals surface area contributed by atoms with Crippen molar-refractivity contribution in [2.75, 3.05) is 0 Å². The molecule has 1 heterocycles. The summed E-state index contributed by atoms with van der Waals surface area (Å²) in [5.41, 5.74) is 4.42. The molecule has 0 fully saturated rings. The average molecular weight is 290 g/mol. The summed E-state index contributed by atoms with van der Waals surface area (Å²) in [6, 6.07) is 18.9. The fourth-order valence-electron chi connectivity index (χ4n) is 3.01. The van der Waals surface area contributed by atoms with E-state index in [-0.39, 0.29) is 5.41 Å². The van der Waals surface area contributed by atoms with Crippen LogP contribution in [-0.2, 0) is 11.8 Å². The number of hydrogen-bond acceptors (Lipinski definition) is 1. The van der Waals surface area contributed by atoms with Crippen LogP contribution in [0, 0.1) is 5.41 Å². The molecule has 2 aromatic carbocycles. The average Bonchev–Trinajstić information content (AvgIpc) is 2.95. The normalized spacial score (nSPS) is 11.7. The molecule has 3 rings (SSSR count). The van der Waals surface area contributed by atoms with Gasteiger partial charge in [0.15, 0.2) is 0 Å². The lowest BCUT2D eigenvalue weighted by atomic mass is 9.79. The van der Waals surface area contributed by atoms with Crippen LogP contribution in [0.25, 0.3) is 10.9 Å². The lowest BCUT2D eigenvalue weighted by Gasteiger charge is -2.26. The van der Waals surface area contributed by atoms with Gasteiger partial charge in [0, 0.05) is 23.8 Å². The summed E-state index contributed by atoms with van der Waals surface area (Å²) in [5, 5.41) is 9.59. The van der Waals surface area contributed by atoms with Crippen molar-refractivity contribution < 1.29 is 0 Å². The summed E-state index contributed by atoms with van der Waals surface area (Å²) in [6.07, 6.45) is 3.48. The maximum absolute atomic E-state index is 8.36. The van der Waals surface area contributed by atoms with Crippen molar-refractivity contribution in [3.05, 3.63) is 71.9 Å². The third kappa shape index (κ3) is 3.11. The number of rotatable bonds is 5. The first-order valence-electron chi connectivity index (χ1n) is 7.72. The van der Waals surface area contributed by atoms with E-state index in [1.165, 1.54) is 22.0 Å². The number of hydrogen-bond donors (Lipinski definition) is 2. The Bertz CT molecular complexity index is 782. The van der Waals surface area contributed by atoms with E-state index < -0.39 is 0 Å². The molecular formula is C20H22N2. The maximum atomic E-state index is 8.36. The quantitative estimate of drug-likeness (QED) is 0.614. The highest BCUT2D eigenvalue weighted by Gasteiger charge is 2.23. The number of aromatic nitrogens is 1. The van der Waals surface area contributed by atoms with Crippen LogP contribution in [-0.4, -0.2) is 10.7 Å². The first-order valence-corrected chi connectivity index (χ1v) is 7.72. The van der Waals surface area contributed by atoms with Gasteiger partial charge in [-0.2, -0.15) is 0 Å². The summed E-state index contributed by atoms with van der Waals surface area (Å²) < 4.78 is 0. The van der Waals surface area contributed by atoms with Crippen LogP contribution in [0.5, 0.6) is 0 Å². The zero-order valence-electron chi connectivity index (χ0n) is 13.2. The molecule has 0 aliphatic rings. The molecule has 22 heavy (non-hydrogen) atoms. The van der Waals surface area contributed by atoms with Crippen LogP contribution in [0.1, 0.15) is 31.4 Å². The second kappa shape index (κ2) is 5.80. The van der Waals surface area contributed by atoms with Crippen molar-refractivity contribution >= 4 is 16.6 Å². The minimum absolute atomic E-state index is 0.0304. The fourth-order valence-corrected chi connectivity index (χ4v) is 3.01. The minimum atomic E-state index is -0.0304. The number of aromatic amines is 1. The maximum Gasteiger partial charge on any atom is 0.0454 e. The highest BCUT2D eigenvalue weighted by Crippen LogP contribution is 2.30. The monoisotopic (exact) mass is 290 g/mol. The number of fused-ring (bicyclic) bond motifs is 1. The van der Waals surface area contributed by atoms with Crippen LogP contribution in [0.3, 0.4) is 0 Å². The van der Waals surface area contributed by atoms with E-state index >= 15 is 0 Å². The van der Waals surface area contributed by atoms with E-state index in [2.05, 4.69) is 55.2 Å². The first-order chi connectivity index (χ1) is 10.5. The van der Waals surface area contributed by atoms with Crippen LogP contribution in [0.2, 0.25) is 0 Å². The summed E-state index contributed by atoms with van der Waals surface area (Å²) >= 11 is 0. The van der Waals surface area contributed by atoms with Crippen molar-refractivity contribution in [2.24, 2.45) is 0 Å². The number of benzene rings is 2.